The molecule has 2 aliphatic carbocycles. The summed E-state index contributed by atoms with van der Waals surface area (Å²) in [5.41, 5.74) is 3.21. The summed E-state index contributed by atoms with van der Waals surface area (Å²) in [5, 5.41) is 21.1. The first kappa shape index (κ1) is 30.7. The second-order valence-corrected chi connectivity index (χ2v) is 13.9. The molecule has 0 saturated heterocycles. The van der Waals surface area contributed by atoms with E-state index in [1.807, 2.05) is 67.8 Å². The monoisotopic (exact) mass is 650 g/mol. The number of amides is 1. The van der Waals surface area contributed by atoms with Gasteiger partial charge in [-0.05, 0) is 53.5 Å². The van der Waals surface area contributed by atoms with Crippen LogP contribution in [0.5, 0.6) is 5.75 Å². The van der Waals surface area contributed by atoms with Crippen molar-refractivity contribution in [3.8, 4) is 16.3 Å². The number of aliphatic hydroxyl groups excluding tert-OH is 1. The molecule has 3 aliphatic rings. The molecule has 8 nitrogen and oxygen atoms in total. The van der Waals surface area contributed by atoms with Crippen molar-refractivity contribution in [2.75, 3.05) is 0 Å². The van der Waals surface area contributed by atoms with Crippen molar-refractivity contribution >= 4 is 23.0 Å². The molecule has 3 heterocycles. The fraction of sp³-hybridized carbons (Fsp3) is 0.270. The maximum atomic E-state index is 16.5. The Labute approximate surface area is 276 Å². The van der Waals surface area contributed by atoms with Gasteiger partial charge in [-0.3, -0.25) is 19.2 Å². The van der Waals surface area contributed by atoms with Crippen LogP contribution in [0.4, 0.5) is 4.39 Å². The molecule has 2 aromatic heterocycles. The Kier molecular flexibility index (Phi) is 7.83. The molecule has 0 spiro atoms. The number of hydrogen-bond acceptors (Lipinski definition) is 7. The van der Waals surface area contributed by atoms with E-state index in [1.165, 1.54) is 22.3 Å². The number of aryl methyl sites for hydroxylation is 1. The van der Waals surface area contributed by atoms with E-state index in [1.54, 1.807) is 29.9 Å². The van der Waals surface area contributed by atoms with Crippen LogP contribution in [-0.4, -0.2) is 31.5 Å². The zero-order valence-electron chi connectivity index (χ0n) is 26.4. The minimum Gasteiger partial charge on any atom is -0.510 e. The second kappa shape index (κ2) is 12.0. The van der Waals surface area contributed by atoms with Gasteiger partial charge in [-0.1, -0.05) is 56.3 Å². The number of benzene rings is 2. The van der Waals surface area contributed by atoms with Crippen LogP contribution in [0.15, 0.2) is 107 Å². The number of carbonyl (C=O) groups excluding carboxylic acids is 2. The molecule has 10 heteroatoms. The highest BCUT2D eigenvalue weighted by Crippen LogP contribution is 2.48. The van der Waals surface area contributed by atoms with Gasteiger partial charge in [0.1, 0.15) is 29.6 Å². The number of nitrogens with one attached hydrogen (secondary N) is 1. The number of ether oxygens (including phenoxy) is 1. The van der Waals surface area contributed by atoms with Gasteiger partial charge in [-0.25, -0.2) is 4.39 Å². The Morgan fingerprint density at radius 2 is 1.94 bits per heavy atom. The molecule has 1 atom stereocenters. The highest BCUT2D eigenvalue weighted by atomic mass is 32.1. The Hall–Kier alpha value is -4.96. The number of Topliss-reactive ketones (excluding diaryl/α,β-unsaturated/α-hetero) is 1. The Morgan fingerprint density at radius 1 is 1.13 bits per heavy atom. The molecule has 0 fully saturated rings. The molecule has 240 valence electrons. The number of thiophene rings is 1. The number of halogens is 1. The summed E-state index contributed by atoms with van der Waals surface area (Å²) in [6.45, 7) is 4.27. The summed E-state index contributed by atoms with van der Waals surface area (Å²) >= 11 is 1.53. The fourth-order valence-electron chi connectivity index (χ4n) is 6.69. The zero-order valence-corrected chi connectivity index (χ0v) is 27.2. The third-order valence-electron chi connectivity index (χ3n) is 8.86. The Balaban J connectivity index is 1.38. The first-order valence-electron chi connectivity index (χ1n) is 15.6. The summed E-state index contributed by atoms with van der Waals surface area (Å²) < 4.78 is 24.0. The number of hydrogen-bond donors (Lipinski definition) is 2. The average Bonchev–Trinajstić information content (AvgIpc) is 3.67. The van der Waals surface area contributed by atoms with Crippen LogP contribution in [0.25, 0.3) is 10.6 Å². The van der Waals surface area contributed by atoms with Gasteiger partial charge in [-0.15, -0.1) is 11.3 Å². The topological polar surface area (TPSA) is 96.7 Å². The van der Waals surface area contributed by atoms with Gasteiger partial charge in [-0.2, -0.15) is 5.10 Å². The van der Waals surface area contributed by atoms with Crippen LogP contribution in [0, 0.1) is 11.2 Å². The molecule has 7 rings (SSSR count). The summed E-state index contributed by atoms with van der Waals surface area (Å²) in [6.07, 6.45) is 3.39. The lowest BCUT2D eigenvalue weighted by Gasteiger charge is -2.37. The normalized spacial score (nSPS) is 19.1. The van der Waals surface area contributed by atoms with Gasteiger partial charge in [0.2, 0.25) is 0 Å². The molecule has 1 amide bonds. The standard InChI is InChI=1S/C37H35FN4O4S/c1-37(2)19-27-33(31(44)20-37)35(24-15-14-23(17-25(24)38)46-21-22-9-5-4-6-10-22)42(28-11-7-12-30(43)34(28)39-27)36(45)26-18-29(41(3)40-26)32-13-8-16-47-32/h4-6,8-11,13-18,35,39,43H,7,12,19-21H2,1-3H3. The van der Waals surface area contributed by atoms with E-state index in [0.717, 1.165) is 16.1 Å². The van der Waals surface area contributed by atoms with Crippen molar-refractivity contribution < 1.29 is 23.8 Å². The lowest BCUT2D eigenvalue weighted by Crippen LogP contribution is -2.39. The van der Waals surface area contributed by atoms with Gasteiger partial charge in [0.05, 0.1) is 22.3 Å². The van der Waals surface area contributed by atoms with E-state index in [4.69, 9.17) is 4.74 Å². The van der Waals surface area contributed by atoms with Crippen LogP contribution in [0.2, 0.25) is 0 Å². The zero-order chi connectivity index (χ0) is 32.9. The maximum absolute atomic E-state index is 16.5. The van der Waals surface area contributed by atoms with Crippen molar-refractivity contribution in [2.24, 2.45) is 12.5 Å². The van der Waals surface area contributed by atoms with Crippen molar-refractivity contribution in [1.82, 2.24) is 20.0 Å². The van der Waals surface area contributed by atoms with E-state index < -0.39 is 17.8 Å². The fourth-order valence-corrected chi connectivity index (χ4v) is 7.46. The molecule has 0 radical (unpaired) electrons. The number of fused-ring (bicyclic) bond motifs is 1. The number of aromatic nitrogens is 2. The van der Waals surface area contributed by atoms with Crippen molar-refractivity contribution in [1.29, 1.82) is 0 Å². The van der Waals surface area contributed by atoms with E-state index >= 15 is 4.39 Å². The molecule has 4 aromatic rings. The van der Waals surface area contributed by atoms with Crippen LogP contribution in [-0.2, 0) is 18.4 Å². The van der Waals surface area contributed by atoms with E-state index in [-0.39, 0.29) is 41.2 Å². The molecule has 2 aromatic carbocycles. The van der Waals surface area contributed by atoms with Gasteiger partial charge >= 0.3 is 0 Å². The second-order valence-electron chi connectivity index (χ2n) is 13.0. The Morgan fingerprint density at radius 3 is 2.68 bits per heavy atom. The van der Waals surface area contributed by atoms with E-state index in [9.17, 15) is 14.7 Å². The third-order valence-corrected chi connectivity index (χ3v) is 9.75. The first-order chi connectivity index (χ1) is 22.6. The molecule has 0 bridgehead atoms. The predicted octanol–water partition coefficient (Wildman–Crippen LogP) is 7.74. The molecule has 1 unspecified atom stereocenters. The molecular formula is C37H35FN4O4S. The van der Waals surface area contributed by atoms with Crippen LogP contribution < -0.4 is 10.1 Å². The molecule has 2 N–H and O–H groups in total. The minimum absolute atomic E-state index is 0.0778. The number of rotatable bonds is 6. The first-order valence-corrected chi connectivity index (χ1v) is 16.5. The maximum Gasteiger partial charge on any atom is 0.279 e. The molecule has 47 heavy (non-hydrogen) atoms. The van der Waals surface area contributed by atoms with Gasteiger partial charge in [0.15, 0.2) is 11.5 Å². The minimum atomic E-state index is -1.13. The smallest absolute Gasteiger partial charge is 0.279 e. The van der Waals surface area contributed by atoms with Crippen molar-refractivity contribution in [3.63, 3.8) is 0 Å². The van der Waals surface area contributed by atoms with Crippen molar-refractivity contribution in [3.05, 3.63) is 129 Å². The van der Waals surface area contributed by atoms with Crippen molar-refractivity contribution in [2.45, 2.75) is 52.2 Å². The summed E-state index contributed by atoms with van der Waals surface area (Å²) in [7, 11) is 1.77. The highest BCUT2D eigenvalue weighted by Gasteiger charge is 2.46. The SMILES string of the molecule is Cn1nc(C(=O)N2C3=CCCC(O)=C3NC3=C(C(=O)CC(C)(C)C3)C2c2ccc(OCc3ccccc3)cc2F)cc1-c1cccs1. The number of carbonyl (C=O) groups is 2. The number of allylic oxidation sites excluding steroid dienone is 3. The lowest BCUT2D eigenvalue weighted by molar-refractivity contribution is -0.118. The summed E-state index contributed by atoms with van der Waals surface area (Å²) in [6, 6.07) is 18.6. The van der Waals surface area contributed by atoms with Crippen LogP contribution in [0.1, 0.15) is 67.2 Å². The number of ketones is 1. The number of aliphatic hydroxyl groups is 1. The predicted molar refractivity (Wildman–Crippen MR) is 178 cm³/mol. The van der Waals surface area contributed by atoms with Gasteiger partial charge in [0.25, 0.3) is 5.91 Å². The number of nitrogens with zero attached hydrogens (tertiary/aromatic N) is 3. The summed E-state index contributed by atoms with van der Waals surface area (Å²) in [4.78, 5) is 31.3. The van der Waals surface area contributed by atoms with Crippen LogP contribution in [0.3, 0.4) is 0 Å². The molecular weight excluding hydrogens is 615 g/mol. The quantitative estimate of drug-likeness (QED) is 0.222. The molecule has 1 aliphatic heterocycles. The Bertz CT molecular complexity index is 1970. The van der Waals surface area contributed by atoms with E-state index in [2.05, 4.69) is 10.4 Å². The highest BCUT2D eigenvalue weighted by molar-refractivity contribution is 7.13. The van der Waals surface area contributed by atoms with E-state index in [0.29, 0.717) is 47.7 Å². The molecule has 0 saturated carbocycles. The average molecular weight is 651 g/mol. The largest absolute Gasteiger partial charge is 0.510 e. The lowest BCUT2D eigenvalue weighted by atomic mass is 9.73. The van der Waals surface area contributed by atoms with Crippen LogP contribution >= 0.6 is 11.3 Å². The summed E-state index contributed by atoms with van der Waals surface area (Å²) in [5.74, 6) is -0.908. The van der Waals surface area contributed by atoms with Gasteiger partial charge in [0, 0.05) is 42.8 Å². The van der Waals surface area contributed by atoms with Gasteiger partial charge < -0.3 is 15.2 Å². The third kappa shape index (κ3) is 5.78.